The molecule has 4 atom stereocenters. The Labute approximate surface area is 159 Å². The summed E-state index contributed by atoms with van der Waals surface area (Å²) < 4.78 is 5.30. The average molecular weight is 371 g/mol. The number of amides is 1. The van der Waals surface area contributed by atoms with Gasteiger partial charge in [0, 0.05) is 12.0 Å². The number of carbonyl (C=O) groups is 1. The lowest BCUT2D eigenvalue weighted by Crippen LogP contribution is -2.59. The van der Waals surface area contributed by atoms with Crippen molar-refractivity contribution in [3.63, 3.8) is 0 Å². The highest BCUT2D eigenvalue weighted by Crippen LogP contribution is 2.54. The van der Waals surface area contributed by atoms with Gasteiger partial charge in [-0.2, -0.15) is 0 Å². The Morgan fingerprint density at radius 3 is 2.46 bits per heavy atom. The predicted molar refractivity (Wildman–Crippen MR) is 104 cm³/mol. The van der Waals surface area contributed by atoms with E-state index in [4.69, 9.17) is 4.74 Å². The van der Waals surface area contributed by atoms with Crippen LogP contribution in [0.15, 0.2) is 24.3 Å². The predicted octanol–water partition coefficient (Wildman–Crippen LogP) is 4.47. The van der Waals surface area contributed by atoms with Crippen molar-refractivity contribution in [1.29, 1.82) is 0 Å². The van der Waals surface area contributed by atoms with Gasteiger partial charge >= 0.3 is 0 Å². The number of ether oxygens (including phenoxy) is 1. The quantitative estimate of drug-likeness (QED) is 0.864. The molecule has 2 aliphatic rings. The highest BCUT2D eigenvalue weighted by molar-refractivity contribution is 7.13. The first-order chi connectivity index (χ1) is 12.6. The van der Waals surface area contributed by atoms with Crippen molar-refractivity contribution < 1.29 is 9.53 Å². The Hall–Kier alpha value is -1.88. The summed E-state index contributed by atoms with van der Waals surface area (Å²) in [6, 6.07) is 8.61. The number of aromatic nitrogens is 1. The summed E-state index contributed by atoms with van der Waals surface area (Å²) in [7, 11) is 1.69. The standard InChI is InChI=1S/C21H26N2O2S/c1-12-20(26-13(2)22-12)21(24)23-19-17-7-5-4-6-16(17)18(19)14-8-10-15(25-3)11-9-14/h8-11,16-19H,4-7H2,1-3H3,(H,23,24)/t16-,17+,18-,19-/m0/s1. The monoisotopic (exact) mass is 370 g/mol. The first-order valence-electron chi connectivity index (χ1n) is 9.47. The van der Waals surface area contributed by atoms with Gasteiger partial charge in [0.05, 0.1) is 17.8 Å². The van der Waals surface area contributed by atoms with Gasteiger partial charge in [-0.05, 0) is 56.2 Å². The third kappa shape index (κ3) is 3.02. The molecule has 0 bridgehead atoms. The molecule has 2 saturated carbocycles. The zero-order chi connectivity index (χ0) is 18.3. The summed E-state index contributed by atoms with van der Waals surface area (Å²) in [5, 5.41) is 4.31. The van der Waals surface area contributed by atoms with Crippen LogP contribution in [0.5, 0.6) is 5.75 Å². The Kier molecular flexibility index (Phi) is 4.74. The van der Waals surface area contributed by atoms with Gasteiger partial charge in [0.15, 0.2) is 0 Å². The molecule has 1 heterocycles. The molecule has 5 heteroatoms. The molecule has 0 spiro atoms. The molecule has 0 aliphatic heterocycles. The summed E-state index contributed by atoms with van der Waals surface area (Å²) >= 11 is 1.49. The smallest absolute Gasteiger partial charge is 0.263 e. The summed E-state index contributed by atoms with van der Waals surface area (Å²) in [6.45, 7) is 3.87. The van der Waals surface area contributed by atoms with Gasteiger partial charge in [0.2, 0.25) is 0 Å². The Morgan fingerprint density at radius 2 is 1.85 bits per heavy atom. The van der Waals surface area contributed by atoms with E-state index in [1.807, 2.05) is 26.0 Å². The van der Waals surface area contributed by atoms with Crippen LogP contribution in [0.25, 0.3) is 0 Å². The van der Waals surface area contributed by atoms with Crippen molar-refractivity contribution in [2.24, 2.45) is 11.8 Å². The third-order valence-electron chi connectivity index (χ3n) is 6.09. The molecule has 0 saturated heterocycles. The molecule has 2 aliphatic carbocycles. The number of thiazole rings is 1. The zero-order valence-electron chi connectivity index (χ0n) is 15.6. The number of nitrogens with zero attached hydrogens (tertiary/aromatic N) is 1. The minimum atomic E-state index is 0.0423. The van der Waals surface area contributed by atoms with Crippen LogP contribution in [-0.2, 0) is 0 Å². The first-order valence-corrected chi connectivity index (χ1v) is 10.3. The van der Waals surface area contributed by atoms with Crippen LogP contribution in [0.1, 0.15) is 57.5 Å². The molecule has 4 nitrogen and oxygen atoms in total. The minimum Gasteiger partial charge on any atom is -0.497 e. The van der Waals surface area contributed by atoms with E-state index in [9.17, 15) is 4.79 Å². The van der Waals surface area contributed by atoms with Crippen molar-refractivity contribution in [2.45, 2.75) is 51.5 Å². The summed E-state index contributed by atoms with van der Waals surface area (Å²) in [5.74, 6) is 2.62. The van der Waals surface area contributed by atoms with Gasteiger partial charge in [-0.3, -0.25) is 4.79 Å². The molecule has 26 heavy (non-hydrogen) atoms. The molecule has 1 N–H and O–H groups in total. The number of methoxy groups -OCH3 is 1. The fourth-order valence-corrected chi connectivity index (χ4v) is 5.73. The topological polar surface area (TPSA) is 51.2 Å². The first kappa shape index (κ1) is 17.5. The van der Waals surface area contributed by atoms with E-state index in [-0.39, 0.29) is 11.9 Å². The lowest BCUT2D eigenvalue weighted by atomic mass is 9.53. The number of nitrogens with one attached hydrogen (secondary N) is 1. The molecule has 1 amide bonds. The Balaban J connectivity index is 1.57. The van der Waals surface area contributed by atoms with E-state index in [2.05, 4.69) is 22.4 Å². The second kappa shape index (κ2) is 7.03. The van der Waals surface area contributed by atoms with E-state index in [0.717, 1.165) is 21.3 Å². The van der Waals surface area contributed by atoms with E-state index in [1.165, 1.54) is 42.6 Å². The SMILES string of the molecule is COc1ccc([C@H]2[C@H]3CCCC[C@H]3[C@@H]2NC(=O)c2sc(C)nc2C)cc1. The second-order valence-electron chi connectivity index (χ2n) is 7.56. The Bertz CT molecular complexity index is 799. The molecule has 1 aromatic carbocycles. The molecule has 2 aromatic rings. The second-order valence-corrected chi connectivity index (χ2v) is 8.76. The molecule has 4 rings (SSSR count). The number of aryl methyl sites for hydroxylation is 2. The fraction of sp³-hybridized carbons (Fsp3) is 0.524. The summed E-state index contributed by atoms with van der Waals surface area (Å²) in [5.41, 5.74) is 2.15. The molecule has 0 unspecified atom stereocenters. The van der Waals surface area contributed by atoms with Crippen LogP contribution in [-0.4, -0.2) is 24.0 Å². The van der Waals surface area contributed by atoms with E-state index in [0.29, 0.717) is 17.8 Å². The number of fused-ring (bicyclic) bond motifs is 1. The van der Waals surface area contributed by atoms with Crippen molar-refractivity contribution in [2.75, 3.05) is 7.11 Å². The van der Waals surface area contributed by atoms with E-state index >= 15 is 0 Å². The van der Waals surface area contributed by atoms with Crippen LogP contribution in [0.4, 0.5) is 0 Å². The summed E-state index contributed by atoms with van der Waals surface area (Å²) in [4.78, 5) is 18.0. The van der Waals surface area contributed by atoms with Gasteiger partial charge in [-0.15, -0.1) is 11.3 Å². The van der Waals surface area contributed by atoms with Gasteiger partial charge in [-0.1, -0.05) is 25.0 Å². The molecule has 2 fully saturated rings. The number of hydrogen-bond donors (Lipinski definition) is 1. The highest BCUT2D eigenvalue weighted by Gasteiger charge is 2.51. The summed E-state index contributed by atoms with van der Waals surface area (Å²) in [6.07, 6.45) is 5.08. The fourth-order valence-electron chi connectivity index (χ4n) is 4.90. The average Bonchev–Trinajstić information content (AvgIpc) is 2.99. The van der Waals surface area contributed by atoms with E-state index in [1.54, 1.807) is 7.11 Å². The lowest BCUT2D eigenvalue weighted by Gasteiger charge is -2.55. The number of hydrogen-bond acceptors (Lipinski definition) is 4. The molecule has 138 valence electrons. The van der Waals surface area contributed by atoms with Gasteiger partial charge in [-0.25, -0.2) is 4.98 Å². The van der Waals surface area contributed by atoms with Crippen LogP contribution >= 0.6 is 11.3 Å². The zero-order valence-corrected chi connectivity index (χ0v) is 16.4. The van der Waals surface area contributed by atoms with Crippen LogP contribution < -0.4 is 10.1 Å². The largest absolute Gasteiger partial charge is 0.497 e. The van der Waals surface area contributed by atoms with Crippen molar-refractivity contribution >= 4 is 17.2 Å². The van der Waals surface area contributed by atoms with Crippen molar-refractivity contribution in [3.05, 3.63) is 45.4 Å². The minimum absolute atomic E-state index is 0.0423. The normalized spacial score (nSPS) is 27.3. The van der Waals surface area contributed by atoms with Crippen molar-refractivity contribution in [1.82, 2.24) is 10.3 Å². The molecule has 0 radical (unpaired) electrons. The van der Waals surface area contributed by atoms with Crippen LogP contribution in [0.3, 0.4) is 0 Å². The Morgan fingerprint density at radius 1 is 1.15 bits per heavy atom. The third-order valence-corrected chi connectivity index (χ3v) is 7.16. The van der Waals surface area contributed by atoms with Gasteiger partial charge < -0.3 is 10.1 Å². The maximum absolute atomic E-state index is 12.9. The number of carbonyl (C=O) groups excluding carboxylic acids is 1. The molecular formula is C21H26N2O2S. The number of benzene rings is 1. The lowest BCUT2D eigenvalue weighted by molar-refractivity contribution is 0.0253. The van der Waals surface area contributed by atoms with Gasteiger partial charge in [0.1, 0.15) is 10.6 Å². The van der Waals surface area contributed by atoms with Gasteiger partial charge in [0.25, 0.3) is 5.91 Å². The highest BCUT2D eigenvalue weighted by atomic mass is 32.1. The number of rotatable bonds is 4. The van der Waals surface area contributed by atoms with Crippen molar-refractivity contribution in [3.8, 4) is 5.75 Å². The maximum Gasteiger partial charge on any atom is 0.263 e. The van der Waals surface area contributed by atoms with E-state index < -0.39 is 0 Å². The molecule has 1 aromatic heterocycles. The van der Waals surface area contributed by atoms with Crippen LogP contribution in [0, 0.1) is 25.7 Å². The molecular weight excluding hydrogens is 344 g/mol. The van der Waals surface area contributed by atoms with Crippen LogP contribution in [0.2, 0.25) is 0 Å². The maximum atomic E-state index is 12.9.